The van der Waals surface area contributed by atoms with Crippen molar-refractivity contribution in [1.29, 1.82) is 0 Å². The Morgan fingerprint density at radius 1 is 1.57 bits per heavy atom. The van der Waals surface area contributed by atoms with Gasteiger partial charge in [-0.3, -0.25) is 4.79 Å². The van der Waals surface area contributed by atoms with Crippen LogP contribution in [0.4, 0.5) is 0 Å². The first-order valence-corrected chi connectivity index (χ1v) is 9.06. The van der Waals surface area contributed by atoms with Crippen molar-refractivity contribution in [2.24, 2.45) is 5.92 Å². The highest BCUT2D eigenvalue weighted by Gasteiger charge is 2.48. The van der Waals surface area contributed by atoms with E-state index in [1.165, 1.54) is 12.0 Å². The van der Waals surface area contributed by atoms with Crippen molar-refractivity contribution >= 4 is 33.7 Å². The second kappa shape index (κ2) is 7.65. The van der Waals surface area contributed by atoms with E-state index in [4.69, 9.17) is 4.74 Å². The molecule has 2 rings (SSSR count). The average molecular weight is 372 g/mol. The summed E-state index contributed by atoms with van der Waals surface area (Å²) in [5, 5.41) is 3.24. The Hall–Kier alpha value is -0.520. The second-order valence-electron chi connectivity index (χ2n) is 5.40. The first-order chi connectivity index (χ1) is 10.1. The van der Waals surface area contributed by atoms with Crippen LogP contribution >= 0.6 is 27.7 Å². The number of ether oxygens (including phenoxy) is 1. The van der Waals surface area contributed by atoms with Crippen molar-refractivity contribution in [3.63, 3.8) is 0 Å². The molecule has 5 heteroatoms. The number of hydrogen-bond donors (Lipinski definition) is 1. The Morgan fingerprint density at radius 2 is 2.38 bits per heavy atom. The number of thioether (sulfide) groups is 1. The van der Waals surface area contributed by atoms with Crippen LogP contribution in [0.2, 0.25) is 0 Å². The number of nitrogens with one attached hydrogen (secondary N) is 1. The summed E-state index contributed by atoms with van der Waals surface area (Å²) in [5.41, 5.74) is -0.480. The van der Waals surface area contributed by atoms with Crippen LogP contribution in [0.15, 0.2) is 33.6 Å². The number of rotatable bonds is 6. The van der Waals surface area contributed by atoms with E-state index in [0.29, 0.717) is 5.92 Å². The summed E-state index contributed by atoms with van der Waals surface area (Å²) in [5.74, 6) is 1.26. The lowest BCUT2D eigenvalue weighted by atomic mass is 9.85. The van der Waals surface area contributed by atoms with E-state index in [9.17, 15) is 4.79 Å². The Kier molecular flexibility index (Phi) is 6.14. The lowest BCUT2D eigenvalue weighted by Crippen LogP contribution is -2.53. The van der Waals surface area contributed by atoms with Crippen LogP contribution in [0.5, 0.6) is 0 Å². The molecule has 1 aliphatic carbocycles. The highest BCUT2D eigenvalue weighted by atomic mass is 79.9. The van der Waals surface area contributed by atoms with Gasteiger partial charge in [0.05, 0.1) is 7.11 Å². The van der Waals surface area contributed by atoms with Crippen LogP contribution in [-0.4, -0.2) is 31.4 Å². The van der Waals surface area contributed by atoms with E-state index in [2.05, 4.69) is 33.4 Å². The maximum absolute atomic E-state index is 12.2. The molecule has 0 heterocycles. The van der Waals surface area contributed by atoms with Crippen molar-refractivity contribution in [2.45, 2.75) is 36.1 Å². The third kappa shape index (κ3) is 3.82. The van der Waals surface area contributed by atoms with Gasteiger partial charge in [0.15, 0.2) is 0 Å². The van der Waals surface area contributed by atoms with E-state index in [1.54, 1.807) is 0 Å². The predicted octanol–water partition coefficient (Wildman–Crippen LogP) is 3.86. The van der Waals surface area contributed by atoms with Crippen molar-refractivity contribution < 1.29 is 9.53 Å². The lowest BCUT2D eigenvalue weighted by molar-refractivity contribution is -0.150. The van der Waals surface area contributed by atoms with Gasteiger partial charge in [-0.2, -0.15) is 0 Å². The van der Waals surface area contributed by atoms with E-state index in [-0.39, 0.29) is 5.97 Å². The standard InChI is InChI=1S/C16H22BrNO2S/c1-18-16(15(19)20-2)9-4-5-12(16)8-10-21-14-7-3-6-13(17)11-14/h3,6-7,11-12,18H,4-5,8-10H2,1-2H3. The van der Waals surface area contributed by atoms with Crippen molar-refractivity contribution in [1.82, 2.24) is 5.32 Å². The van der Waals surface area contributed by atoms with Gasteiger partial charge in [0.1, 0.15) is 5.54 Å². The molecule has 1 aliphatic rings. The van der Waals surface area contributed by atoms with E-state index in [0.717, 1.165) is 35.9 Å². The molecule has 0 bridgehead atoms. The van der Waals surface area contributed by atoms with Crippen molar-refractivity contribution in [3.05, 3.63) is 28.7 Å². The minimum Gasteiger partial charge on any atom is -0.468 e. The fourth-order valence-corrected chi connectivity index (χ4v) is 4.80. The summed E-state index contributed by atoms with van der Waals surface area (Å²) < 4.78 is 6.13. The molecule has 1 aromatic carbocycles. The molecule has 1 N–H and O–H groups in total. The van der Waals surface area contributed by atoms with E-state index < -0.39 is 5.54 Å². The van der Waals surface area contributed by atoms with Gasteiger partial charge in [-0.25, -0.2) is 0 Å². The Bertz CT molecular complexity index is 497. The van der Waals surface area contributed by atoms with Crippen molar-refractivity contribution in [3.8, 4) is 0 Å². The zero-order chi connectivity index (χ0) is 15.3. The number of hydrogen-bond acceptors (Lipinski definition) is 4. The van der Waals surface area contributed by atoms with Gasteiger partial charge in [0.25, 0.3) is 0 Å². The molecular weight excluding hydrogens is 350 g/mol. The summed E-state index contributed by atoms with van der Waals surface area (Å²) in [6, 6.07) is 8.33. The molecule has 21 heavy (non-hydrogen) atoms. The number of likely N-dealkylation sites (N-methyl/N-ethyl adjacent to an activating group) is 1. The maximum atomic E-state index is 12.2. The molecule has 1 saturated carbocycles. The van der Waals surface area contributed by atoms with Crippen LogP contribution < -0.4 is 5.32 Å². The topological polar surface area (TPSA) is 38.3 Å². The summed E-state index contributed by atoms with van der Waals surface area (Å²) in [7, 11) is 3.35. The fourth-order valence-electron chi connectivity index (χ4n) is 3.23. The summed E-state index contributed by atoms with van der Waals surface area (Å²) in [6.45, 7) is 0. The number of esters is 1. The van der Waals surface area contributed by atoms with Crippen LogP contribution in [0.25, 0.3) is 0 Å². The van der Waals surface area contributed by atoms with Gasteiger partial charge in [0.2, 0.25) is 0 Å². The number of methoxy groups -OCH3 is 1. The molecule has 0 aliphatic heterocycles. The van der Waals surface area contributed by atoms with E-state index in [1.807, 2.05) is 30.9 Å². The highest BCUT2D eigenvalue weighted by molar-refractivity contribution is 9.10. The molecule has 0 radical (unpaired) electrons. The molecule has 1 aromatic rings. The van der Waals surface area contributed by atoms with Gasteiger partial charge in [-0.15, -0.1) is 11.8 Å². The Labute approximate surface area is 139 Å². The van der Waals surface area contributed by atoms with Gasteiger partial charge >= 0.3 is 5.97 Å². The first kappa shape index (κ1) is 16.8. The summed E-state index contributed by atoms with van der Waals surface area (Å²) in [4.78, 5) is 13.4. The molecule has 116 valence electrons. The summed E-state index contributed by atoms with van der Waals surface area (Å²) >= 11 is 5.34. The largest absolute Gasteiger partial charge is 0.468 e. The molecule has 2 unspecified atom stereocenters. The lowest BCUT2D eigenvalue weighted by Gasteiger charge is -2.32. The van der Waals surface area contributed by atoms with Gasteiger partial charge in [0, 0.05) is 9.37 Å². The molecule has 0 amide bonds. The third-order valence-corrected chi connectivity index (χ3v) is 5.87. The predicted molar refractivity (Wildman–Crippen MR) is 90.6 cm³/mol. The minimum absolute atomic E-state index is 0.111. The van der Waals surface area contributed by atoms with E-state index >= 15 is 0 Å². The Morgan fingerprint density at radius 3 is 3.05 bits per heavy atom. The van der Waals surface area contributed by atoms with Crippen molar-refractivity contribution in [2.75, 3.05) is 19.9 Å². The maximum Gasteiger partial charge on any atom is 0.326 e. The molecule has 0 aromatic heterocycles. The molecule has 3 nitrogen and oxygen atoms in total. The number of halogens is 1. The number of benzene rings is 1. The number of carbonyl (C=O) groups excluding carboxylic acids is 1. The quantitative estimate of drug-likeness (QED) is 0.608. The smallest absolute Gasteiger partial charge is 0.326 e. The molecule has 0 spiro atoms. The molecule has 1 fully saturated rings. The van der Waals surface area contributed by atoms with Crippen LogP contribution in [0.1, 0.15) is 25.7 Å². The van der Waals surface area contributed by atoms with Gasteiger partial charge in [-0.1, -0.05) is 28.4 Å². The van der Waals surface area contributed by atoms with Gasteiger partial charge in [-0.05, 0) is 56.2 Å². The fraction of sp³-hybridized carbons (Fsp3) is 0.562. The minimum atomic E-state index is -0.480. The number of carbonyl (C=O) groups is 1. The first-order valence-electron chi connectivity index (χ1n) is 7.28. The molecule has 2 atom stereocenters. The van der Waals surface area contributed by atoms with Gasteiger partial charge < -0.3 is 10.1 Å². The zero-order valence-electron chi connectivity index (χ0n) is 12.5. The molecule has 0 saturated heterocycles. The van der Waals surface area contributed by atoms with Crippen LogP contribution in [0.3, 0.4) is 0 Å². The highest BCUT2D eigenvalue weighted by Crippen LogP contribution is 2.39. The SMILES string of the molecule is CNC1(C(=O)OC)CCCC1CCSc1cccc(Br)c1. The summed E-state index contributed by atoms with van der Waals surface area (Å²) in [6.07, 6.45) is 4.08. The zero-order valence-corrected chi connectivity index (χ0v) is 14.9. The third-order valence-electron chi connectivity index (χ3n) is 4.35. The van der Waals surface area contributed by atoms with Crippen LogP contribution in [0, 0.1) is 5.92 Å². The second-order valence-corrected chi connectivity index (χ2v) is 7.48. The molecular formula is C16H22BrNO2S. The Balaban J connectivity index is 1.94. The monoisotopic (exact) mass is 371 g/mol. The average Bonchev–Trinajstić information content (AvgIpc) is 2.90. The normalized spacial score (nSPS) is 25.0. The van der Waals surface area contributed by atoms with Crippen LogP contribution in [-0.2, 0) is 9.53 Å².